The quantitative estimate of drug-likeness (QED) is 0.662. The highest BCUT2D eigenvalue weighted by Crippen LogP contribution is 2.18. The minimum absolute atomic E-state index is 0.140. The molecule has 5 heteroatoms. The van der Waals surface area contributed by atoms with E-state index < -0.39 is 6.10 Å². The molecule has 1 saturated heterocycles. The molecule has 0 spiro atoms. The van der Waals surface area contributed by atoms with Gasteiger partial charge in [-0.2, -0.15) is 0 Å². The maximum Gasteiger partial charge on any atom is 0.0900 e. The van der Waals surface area contributed by atoms with E-state index in [1.807, 2.05) is 27.9 Å². The lowest BCUT2D eigenvalue weighted by Gasteiger charge is -2.28. The van der Waals surface area contributed by atoms with E-state index in [1.54, 1.807) is 0 Å². The smallest absolute Gasteiger partial charge is 0.0900 e. The van der Waals surface area contributed by atoms with E-state index in [0.29, 0.717) is 25.7 Å². The Bertz CT molecular complexity index is 236. The second-order valence-electron chi connectivity index (χ2n) is 5.80. The molecule has 0 amide bonds. The predicted molar refractivity (Wildman–Crippen MR) is 71.6 cm³/mol. The molecule has 5 nitrogen and oxygen atoms in total. The van der Waals surface area contributed by atoms with Crippen molar-refractivity contribution in [2.45, 2.75) is 44.6 Å². The lowest BCUT2D eigenvalue weighted by atomic mass is 10.2. The monoisotopic (exact) mass is 260 g/mol. The van der Waals surface area contributed by atoms with Crippen LogP contribution < -0.4 is 0 Å². The molecule has 0 aliphatic carbocycles. The molecule has 3 atom stereocenters. The van der Waals surface area contributed by atoms with E-state index in [1.165, 1.54) is 0 Å². The summed E-state index contributed by atoms with van der Waals surface area (Å²) in [6, 6.07) is 0.323. The predicted octanol–water partition coefficient (Wildman–Crippen LogP) is -0.231. The first-order valence-corrected chi connectivity index (χ1v) is 6.75. The van der Waals surface area contributed by atoms with Crippen molar-refractivity contribution in [1.29, 1.82) is 0 Å². The van der Waals surface area contributed by atoms with Gasteiger partial charge in [-0.15, -0.1) is 0 Å². The van der Waals surface area contributed by atoms with E-state index >= 15 is 0 Å². The third-order valence-electron chi connectivity index (χ3n) is 3.15. The lowest BCUT2D eigenvalue weighted by Crippen LogP contribution is -2.42. The van der Waals surface area contributed by atoms with Gasteiger partial charge in [0.2, 0.25) is 0 Å². The molecular formula is C13H28N2O3. The van der Waals surface area contributed by atoms with Gasteiger partial charge in [-0.05, 0) is 34.4 Å². The van der Waals surface area contributed by atoms with Crippen molar-refractivity contribution in [1.82, 2.24) is 9.80 Å². The first kappa shape index (κ1) is 15.9. The van der Waals surface area contributed by atoms with E-state index in [9.17, 15) is 10.2 Å². The number of β-amino-alcohol motifs (C(OH)–C–C–N with tert-alkyl or cyclic N) is 2. The molecule has 0 saturated carbocycles. The summed E-state index contributed by atoms with van der Waals surface area (Å²) in [5.74, 6) is 0. The summed E-state index contributed by atoms with van der Waals surface area (Å²) in [7, 11) is 4.06. The molecule has 1 aliphatic heterocycles. The Morgan fingerprint density at radius 2 is 2.06 bits per heavy atom. The molecule has 0 radical (unpaired) electrons. The molecule has 1 heterocycles. The van der Waals surface area contributed by atoms with Crippen LogP contribution in [-0.2, 0) is 4.74 Å². The Morgan fingerprint density at radius 3 is 2.61 bits per heavy atom. The standard InChI is InChI=1S/C13H28N2O3/c1-10(2)18-9-13(17)8-15-7-12(16)5-11(15)6-14(3)4/h10-13,16-17H,5-9H2,1-4H3. The van der Waals surface area contributed by atoms with Crippen molar-refractivity contribution in [3.63, 3.8) is 0 Å². The molecule has 1 fully saturated rings. The average molecular weight is 260 g/mol. The fourth-order valence-corrected chi connectivity index (χ4v) is 2.42. The molecule has 0 aromatic carbocycles. The summed E-state index contributed by atoms with van der Waals surface area (Å²) in [6.07, 6.45) is 0.174. The van der Waals surface area contributed by atoms with E-state index in [0.717, 1.165) is 13.0 Å². The molecule has 1 aliphatic rings. The normalized spacial score (nSPS) is 27.3. The summed E-state index contributed by atoms with van der Waals surface area (Å²) < 4.78 is 5.41. The number of ether oxygens (including phenoxy) is 1. The van der Waals surface area contributed by atoms with Gasteiger partial charge in [0.05, 0.1) is 24.9 Å². The largest absolute Gasteiger partial charge is 0.392 e. The number of aliphatic hydroxyl groups excluding tert-OH is 2. The van der Waals surface area contributed by atoms with Crippen LogP contribution in [0.15, 0.2) is 0 Å². The Morgan fingerprint density at radius 1 is 1.39 bits per heavy atom. The van der Waals surface area contributed by atoms with Gasteiger partial charge in [-0.1, -0.05) is 0 Å². The molecule has 108 valence electrons. The van der Waals surface area contributed by atoms with Gasteiger partial charge >= 0.3 is 0 Å². The molecule has 0 aromatic rings. The topological polar surface area (TPSA) is 56.2 Å². The lowest BCUT2D eigenvalue weighted by molar-refractivity contribution is -0.0119. The Balaban J connectivity index is 2.38. The van der Waals surface area contributed by atoms with Crippen LogP contribution in [-0.4, -0.2) is 84.7 Å². The van der Waals surface area contributed by atoms with Crippen LogP contribution in [0.2, 0.25) is 0 Å². The minimum Gasteiger partial charge on any atom is -0.392 e. The zero-order valence-corrected chi connectivity index (χ0v) is 12.0. The van der Waals surface area contributed by atoms with Crippen molar-refractivity contribution in [3.05, 3.63) is 0 Å². The average Bonchev–Trinajstić information content (AvgIpc) is 2.55. The van der Waals surface area contributed by atoms with Gasteiger partial charge in [-0.25, -0.2) is 0 Å². The molecule has 3 unspecified atom stereocenters. The van der Waals surface area contributed by atoms with Gasteiger partial charge in [0.25, 0.3) is 0 Å². The zero-order chi connectivity index (χ0) is 13.7. The SMILES string of the molecule is CC(C)OCC(O)CN1CC(O)CC1CN(C)C. The van der Waals surface area contributed by atoms with Crippen LogP contribution in [0.25, 0.3) is 0 Å². The van der Waals surface area contributed by atoms with Crippen LogP contribution in [0.1, 0.15) is 20.3 Å². The van der Waals surface area contributed by atoms with Crippen LogP contribution in [0.3, 0.4) is 0 Å². The molecule has 2 N–H and O–H groups in total. The highest BCUT2D eigenvalue weighted by Gasteiger charge is 2.32. The van der Waals surface area contributed by atoms with Crippen molar-refractivity contribution in [2.24, 2.45) is 0 Å². The maximum atomic E-state index is 9.93. The molecule has 18 heavy (non-hydrogen) atoms. The number of hydrogen-bond donors (Lipinski definition) is 2. The summed E-state index contributed by atoms with van der Waals surface area (Å²) in [5, 5.41) is 19.7. The first-order chi connectivity index (χ1) is 8.38. The van der Waals surface area contributed by atoms with E-state index in [-0.39, 0.29) is 12.2 Å². The zero-order valence-electron chi connectivity index (χ0n) is 12.0. The Labute approximate surface area is 110 Å². The molecular weight excluding hydrogens is 232 g/mol. The van der Waals surface area contributed by atoms with Gasteiger partial charge in [0.1, 0.15) is 0 Å². The number of nitrogens with zero attached hydrogens (tertiary/aromatic N) is 2. The van der Waals surface area contributed by atoms with E-state index in [4.69, 9.17) is 4.74 Å². The van der Waals surface area contributed by atoms with Gasteiger partial charge in [0.15, 0.2) is 0 Å². The minimum atomic E-state index is -0.484. The van der Waals surface area contributed by atoms with Crippen molar-refractivity contribution in [3.8, 4) is 0 Å². The second-order valence-corrected chi connectivity index (χ2v) is 5.80. The second kappa shape index (κ2) is 7.40. The number of hydrogen-bond acceptors (Lipinski definition) is 5. The third-order valence-corrected chi connectivity index (χ3v) is 3.15. The van der Waals surface area contributed by atoms with Crippen molar-refractivity contribution in [2.75, 3.05) is 40.3 Å². The summed E-state index contributed by atoms with van der Waals surface area (Å²) >= 11 is 0. The summed E-state index contributed by atoms with van der Waals surface area (Å²) in [4.78, 5) is 4.28. The number of rotatable bonds is 7. The molecule has 0 aromatic heterocycles. The van der Waals surface area contributed by atoms with Crippen molar-refractivity contribution < 1.29 is 14.9 Å². The Hall–Kier alpha value is -0.200. The third kappa shape index (κ3) is 5.63. The fraction of sp³-hybridized carbons (Fsp3) is 1.00. The van der Waals surface area contributed by atoms with Gasteiger partial charge in [-0.3, -0.25) is 4.90 Å². The van der Waals surface area contributed by atoms with Crippen LogP contribution in [0.5, 0.6) is 0 Å². The van der Waals surface area contributed by atoms with E-state index in [2.05, 4.69) is 9.80 Å². The maximum absolute atomic E-state index is 9.93. The van der Waals surface area contributed by atoms with Crippen LogP contribution in [0.4, 0.5) is 0 Å². The van der Waals surface area contributed by atoms with Crippen LogP contribution in [0, 0.1) is 0 Å². The van der Waals surface area contributed by atoms with Crippen LogP contribution >= 0.6 is 0 Å². The van der Waals surface area contributed by atoms with Gasteiger partial charge in [0, 0.05) is 25.7 Å². The summed E-state index contributed by atoms with van der Waals surface area (Å²) in [6.45, 7) is 6.41. The Kier molecular flexibility index (Phi) is 6.52. The van der Waals surface area contributed by atoms with Gasteiger partial charge < -0.3 is 19.8 Å². The molecule has 0 bridgehead atoms. The first-order valence-electron chi connectivity index (χ1n) is 6.75. The highest BCUT2D eigenvalue weighted by atomic mass is 16.5. The van der Waals surface area contributed by atoms with Crippen molar-refractivity contribution >= 4 is 0 Å². The molecule has 1 rings (SSSR count). The number of aliphatic hydroxyl groups is 2. The highest BCUT2D eigenvalue weighted by molar-refractivity contribution is 4.87. The fourth-order valence-electron chi connectivity index (χ4n) is 2.42. The number of likely N-dealkylation sites (tertiary alicyclic amines) is 1. The summed E-state index contributed by atoms with van der Waals surface area (Å²) in [5.41, 5.74) is 0. The number of likely N-dealkylation sites (N-methyl/N-ethyl adjacent to an activating group) is 1.